The Kier molecular flexibility index (Phi) is 5.30. The van der Waals surface area contributed by atoms with E-state index in [2.05, 4.69) is 48.2 Å². The number of benzene rings is 1. The van der Waals surface area contributed by atoms with Crippen LogP contribution in [0.1, 0.15) is 30.3 Å². The minimum atomic E-state index is 0.414. The van der Waals surface area contributed by atoms with Crippen molar-refractivity contribution in [2.24, 2.45) is 11.7 Å². The third kappa shape index (κ3) is 3.90. The largest absolute Gasteiger partial charge is 0.330 e. The molecule has 1 aromatic carbocycles. The zero-order chi connectivity index (χ0) is 14.4. The van der Waals surface area contributed by atoms with Crippen molar-refractivity contribution in [3.8, 4) is 0 Å². The van der Waals surface area contributed by atoms with Gasteiger partial charge in [0.15, 0.2) is 0 Å². The van der Waals surface area contributed by atoms with Crippen LogP contribution in [0.15, 0.2) is 30.6 Å². The van der Waals surface area contributed by atoms with Crippen LogP contribution in [-0.2, 0) is 19.4 Å². The van der Waals surface area contributed by atoms with E-state index in [1.165, 1.54) is 11.1 Å². The molecule has 0 aliphatic carbocycles. The van der Waals surface area contributed by atoms with Crippen LogP contribution in [0.4, 0.5) is 0 Å². The third-order valence-electron chi connectivity index (χ3n) is 3.58. The van der Waals surface area contributed by atoms with E-state index in [-0.39, 0.29) is 0 Å². The summed E-state index contributed by atoms with van der Waals surface area (Å²) in [5, 5.41) is 4.28. The van der Waals surface area contributed by atoms with Crippen LogP contribution in [0.2, 0.25) is 0 Å². The van der Waals surface area contributed by atoms with Crippen molar-refractivity contribution >= 4 is 0 Å². The molecule has 108 valence electrons. The molecule has 4 heteroatoms. The van der Waals surface area contributed by atoms with Gasteiger partial charge < -0.3 is 5.73 Å². The quantitative estimate of drug-likeness (QED) is 0.841. The minimum Gasteiger partial charge on any atom is -0.330 e. The molecule has 1 atom stereocenters. The number of hydrogen-bond acceptors (Lipinski definition) is 3. The predicted molar refractivity (Wildman–Crippen MR) is 81.4 cm³/mol. The summed E-state index contributed by atoms with van der Waals surface area (Å²) >= 11 is 0. The zero-order valence-electron chi connectivity index (χ0n) is 12.4. The van der Waals surface area contributed by atoms with Crippen LogP contribution >= 0.6 is 0 Å². The maximum atomic E-state index is 5.93. The molecule has 20 heavy (non-hydrogen) atoms. The molecule has 2 rings (SSSR count). The Morgan fingerprint density at radius 3 is 2.60 bits per heavy atom. The molecule has 1 unspecified atom stereocenters. The molecule has 0 saturated heterocycles. The highest BCUT2D eigenvalue weighted by molar-refractivity contribution is 5.21. The first-order valence-corrected chi connectivity index (χ1v) is 7.35. The van der Waals surface area contributed by atoms with Crippen molar-refractivity contribution in [2.45, 2.75) is 39.7 Å². The van der Waals surface area contributed by atoms with E-state index in [0.29, 0.717) is 12.5 Å². The molecule has 0 aliphatic rings. The van der Waals surface area contributed by atoms with Crippen molar-refractivity contribution in [3.63, 3.8) is 0 Å². The summed E-state index contributed by atoms with van der Waals surface area (Å²) in [5.74, 6) is 1.46. The van der Waals surface area contributed by atoms with Gasteiger partial charge in [0.25, 0.3) is 0 Å². The molecule has 2 N–H and O–H groups in total. The Hall–Kier alpha value is -1.68. The third-order valence-corrected chi connectivity index (χ3v) is 3.58. The number of aryl methyl sites for hydroxylation is 2. The van der Waals surface area contributed by atoms with E-state index in [4.69, 9.17) is 5.73 Å². The van der Waals surface area contributed by atoms with Crippen LogP contribution in [0.25, 0.3) is 0 Å². The van der Waals surface area contributed by atoms with Crippen LogP contribution in [0.5, 0.6) is 0 Å². The molecule has 0 bridgehead atoms. The van der Waals surface area contributed by atoms with Gasteiger partial charge in [-0.15, -0.1) is 0 Å². The summed E-state index contributed by atoms with van der Waals surface area (Å²) in [4.78, 5) is 4.37. The topological polar surface area (TPSA) is 56.7 Å². The molecule has 0 fully saturated rings. The summed E-state index contributed by atoms with van der Waals surface area (Å²) in [6.45, 7) is 5.86. The molecule has 4 nitrogen and oxygen atoms in total. The first-order chi connectivity index (χ1) is 9.72. The second-order valence-corrected chi connectivity index (χ2v) is 5.39. The summed E-state index contributed by atoms with van der Waals surface area (Å²) in [6, 6.07) is 8.69. The minimum absolute atomic E-state index is 0.414. The Balaban J connectivity index is 2.01. The van der Waals surface area contributed by atoms with E-state index in [1.54, 1.807) is 6.33 Å². The van der Waals surface area contributed by atoms with Gasteiger partial charge in [-0.2, -0.15) is 5.10 Å². The van der Waals surface area contributed by atoms with Gasteiger partial charge in [-0.1, -0.05) is 36.8 Å². The Bertz CT molecular complexity index is 516. The number of rotatable bonds is 7. The van der Waals surface area contributed by atoms with E-state index in [1.807, 2.05) is 4.68 Å². The lowest BCUT2D eigenvalue weighted by Crippen LogP contribution is -2.21. The second kappa shape index (κ2) is 7.20. The van der Waals surface area contributed by atoms with Crippen LogP contribution in [-0.4, -0.2) is 21.3 Å². The average Bonchev–Trinajstić information content (AvgIpc) is 2.88. The molecule has 2 aromatic rings. The van der Waals surface area contributed by atoms with Crippen molar-refractivity contribution in [1.29, 1.82) is 0 Å². The predicted octanol–water partition coefficient (Wildman–Crippen LogP) is 2.36. The summed E-state index contributed by atoms with van der Waals surface area (Å²) < 4.78 is 2.00. The number of nitrogens with zero attached hydrogens (tertiary/aromatic N) is 3. The Morgan fingerprint density at radius 2 is 1.95 bits per heavy atom. The fraction of sp³-hybridized carbons (Fsp3) is 0.500. The summed E-state index contributed by atoms with van der Waals surface area (Å²) in [7, 11) is 0. The molecule has 0 aliphatic heterocycles. The Morgan fingerprint density at radius 1 is 1.20 bits per heavy atom. The highest BCUT2D eigenvalue weighted by Gasteiger charge is 2.13. The van der Waals surface area contributed by atoms with E-state index >= 15 is 0 Å². The van der Waals surface area contributed by atoms with Gasteiger partial charge in [0, 0.05) is 13.0 Å². The van der Waals surface area contributed by atoms with Crippen molar-refractivity contribution in [3.05, 3.63) is 47.5 Å². The van der Waals surface area contributed by atoms with E-state index in [9.17, 15) is 0 Å². The first-order valence-electron chi connectivity index (χ1n) is 7.35. The lowest BCUT2D eigenvalue weighted by molar-refractivity contribution is 0.483. The summed E-state index contributed by atoms with van der Waals surface area (Å²) in [6.07, 6.45) is 4.60. The van der Waals surface area contributed by atoms with Crippen molar-refractivity contribution in [2.75, 3.05) is 6.54 Å². The smallest absolute Gasteiger partial charge is 0.138 e. The standard InChI is InChI=1S/C16H24N4/c1-3-8-20-16(18-12-19-20)10-15(11-17)9-14-6-4-13(2)5-7-14/h4-7,12,15H,3,8-11,17H2,1-2H3. The molecule has 0 amide bonds. The molecule has 1 aromatic heterocycles. The molecule has 0 saturated carbocycles. The molecule has 1 heterocycles. The molecule has 0 spiro atoms. The first kappa shape index (κ1) is 14.7. The van der Waals surface area contributed by atoms with Crippen LogP contribution < -0.4 is 5.73 Å². The van der Waals surface area contributed by atoms with Gasteiger partial charge >= 0.3 is 0 Å². The monoisotopic (exact) mass is 272 g/mol. The van der Waals surface area contributed by atoms with Gasteiger partial charge in [-0.25, -0.2) is 4.98 Å². The van der Waals surface area contributed by atoms with Gasteiger partial charge in [0.05, 0.1) is 0 Å². The van der Waals surface area contributed by atoms with E-state index < -0.39 is 0 Å². The maximum absolute atomic E-state index is 5.93. The Labute approximate surface area is 121 Å². The van der Waals surface area contributed by atoms with Gasteiger partial charge in [-0.3, -0.25) is 4.68 Å². The zero-order valence-corrected chi connectivity index (χ0v) is 12.4. The highest BCUT2D eigenvalue weighted by atomic mass is 15.3. The van der Waals surface area contributed by atoms with Gasteiger partial charge in [0.2, 0.25) is 0 Å². The second-order valence-electron chi connectivity index (χ2n) is 5.39. The fourth-order valence-electron chi connectivity index (χ4n) is 2.40. The normalized spacial score (nSPS) is 12.6. The highest BCUT2D eigenvalue weighted by Crippen LogP contribution is 2.13. The van der Waals surface area contributed by atoms with Gasteiger partial charge in [0.1, 0.15) is 12.2 Å². The average molecular weight is 272 g/mol. The molecular weight excluding hydrogens is 248 g/mol. The van der Waals surface area contributed by atoms with Crippen LogP contribution in [0.3, 0.4) is 0 Å². The van der Waals surface area contributed by atoms with Gasteiger partial charge in [-0.05, 0) is 37.8 Å². The summed E-state index contributed by atoms with van der Waals surface area (Å²) in [5.41, 5.74) is 8.57. The molecular formula is C16H24N4. The number of aromatic nitrogens is 3. The lowest BCUT2D eigenvalue weighted by atomic mass is 9.95. The van der Waals surface area contributed by atoms with Crippen molar-refractivity contribution in [1.82, 2.24) is 14.8 Å². The fourth-order valence-corrected chi connectivity index (χ4v) is 2.40. The SMILES string of the molecule is CCCn1ncnc1CC(CN)Cc1ccc(C)cc1. The number of hydrogen-bond donors (Lipinski definition) is 1. The maximum Gasteiger partial charge on any atom is 0.138 e. The lowest BCUT2D eigenvalue weighted by Gasteiger charge is -2.15. The molecule has 0 radical (unpaired) electrons. The number of nitrogens with two attached hydrogens (primary N) is 1. The van der Waals surface area contributed by atoms with Crippen molar-refractivity contribution < 1.29 is 0 Å². The van der Waals surface area contributed by atoms with Crippen LogP contribution in [0, 0.1) is 12.8 Å². The van der Waals surface area contributed by atoms with E-state index in [0.717, 1.165) is 31.6 Å².